The van der Waals surface area contributed by atoms with E-state index in [0.717, 1.165) is 20.3 Å². The Hall–Kier alpha value is -2.41. The van der Waals surface area contributed by atoms with Gasteiger partial charge in [0.15, 0.2) is 6.61 Å². The molecule has 5 rings (SSSR count). The van der Waals surface area contributed by atoms with Crippen LogP contribution in [0, 0.1) is 5.92 Å². The Morgan fingerprint density at radius 2 is 1.78 bits per heavy atom. The maximum absolute atomic E-state index is 13.9. The van der Waals surface area contributed by atoms with Crippen molar-refractivity contribution in [3.05, 3.63) is 71.5 Å². The quantitative estimate of drug-likeness (QED) is 0.304. The van der Waals surface area contributed by atoms with Crippen molar-refractivity contribution in [3.8, 4) is 5.75 Å². The van der Waals surface area contributed by atoms with E-state index in [9.17, 15) is 19.2 Å². The maximum atomic E-state index is 13.9. The van der Waals surface area contributed by atoms with Crippen molar-refractivity contribution in [1.82, 2.24) is 4.98 Å². The van der Waals surface area contributed by atoms with Gasteiger partial charge in [-0.15, -0.1) is 0 Å². The van der Waals surface area contributed by atoms with E-state index in [1.54, 1.807) is 49.4 Å². The number of nitrogens with zero attached hydrogens (tertiary/aromatic N) is 1. The highest BCUT2D eigenvalue weighted by molar-refractivity contribution is 9.10. The number of carbonyl (C=O) groups excluding carboxylic acids is 3. The second-order valence-electron chi connectivity index (χ2n) is 8.01. The highest BCUT2D eigenvalue weighted by atomic mass is 79.9. The molecular formula is C24H18Br2N2O6S2. The highest BCUT2D eigenvalue weighted by Crippen LogP contribution is 2.54. The predicted octanol–water partition coefficient (Wildman–Crippen LogP) is 4.70. The fraction of sp³-hybridized carbons (Fsp3) is 0.250. The lowest BCUT2D eigenvalue weighted by molar-refractivity contribution is -0.145. The number of amides is 2. The van der Waals surface area contributed by atoms with E-state index in [4.69, 9.17) is 9.47 Å². The van der Waals surface area contributed by atoms with Crippen molar-refractivity contribution in [3.63, 3.8) is 0 Å². The lowest BCUT2D eigenvalue weighted by Crippen LogP contribution is -2.32. The van der Waals surface area contributed by atoms with Gasteiger partial charge in [-0.3, -0.25) is 14.4 Å². The Morgan fingerprint density at radius 3 is 2.50 bits per heavy atom. The third kappa shape index (κ3) is 4.55. The highest BCUT2D eigenvalue weighted by Gasteiger charge is 2.56. The summed E-state index contributed by atoms with van der Waals surface area (Å²) < 4.78 is 12.3. The molecule has 0 saturated carbocycles. The third-order valence-electron chi connectivity index (χ3n) is 5.87. The number of carbonyl (C=O) groups is 3. The van der Waals surface area contributed by atoms with Crippen molar-refractivity contribution in [2.75, 3.05) is 18.1 Å². The van der Waals surface area contributed by atoms with E-state index in [1.165, 1.54) is 16.7 Å². The van der Waals surface area contributed by atoms with Crippen LogP contribution >= 0.6 is 55.0 Å². The van der Waals surface area contributed by atoms with Gasteiger partial charge >= 0.3 is 10.8 Å². The molecule has 12 heteroatoms. The number of ether oxygens (including phenoxy) is 2. The number of nitrogens with one attached hydrogen (secondary N) is 1. The van der Waals surface area contributed by atoms with Crippen LogP contribution in [0.4, 0.5) is 5.69 Å². The van der Waals surface area contributed by atoms with Gasteiger partial charge in [0.25, 0.3) is 0 Å². The molecule has 2 amide bonds. The molecule has 1 N–H and O–H groups in total. The number of imide groups is 1. The van der Waals surface area contributed by atoms with Gasteiger partial charge in [0.1, 0.15) is 11.0 Å². The van der Waals surface area contributed by atoms with Gasteiger partial charge in [-0.2, -0.15) is 0 Å². The fourth-order valence-corrected chi connectivity index (χ4v) is 7.58. The van der Waals surface area contributed by atoms with E-state index >= 15 is 0 Å². The van der Waals surface area contributed by atoms with Crippen LogP contribution in [0.2, 0.25) is 0 Å². The number of hydrogen-bond donors (Lipinski definition) is 1. The van der Waals surface area contributed by atoms with Crippen LogP contribution in [0.3, 0.4) is 0 Å². The zero-order valence-electron chi connectivity index (χ0n) is 18.7. The van der Waals surface area contributed by atoms with Crippen LogP contribution in [0.25, 0.3) is 0 Å². The molecule has 3 unspecified atom stereocenters. The molecule has 8 nitrogen and oxygen atoms in total. The van der Waals surface area contributed by atoms with Crippen LogP contribution in [0.1, 0.15) is 23.3 Å². The number of esters is 1. The standard InChI is InChI=1S/C24H18Br2N2O6S2/c1-2-33-16(29)10-34-15-8-5-12(26)9-14(15)17-18-20(35-21-19(17)36-24(32)27-21)23(31)28(22(18)30)13-6-3-11(25)4-7-13/h3-9,17-18,20H,2,10H2,1H3,(H,27,32). The molecule has 1 aromatic heterocycles. The summed E-state index contributed by atoms with van der Waals surface area (Å²) in [5.41, 5.74) is 1.08. The van der Waals surface area contributed by atoms with Gasteiger partial charge in [0.2, 0.25) is 11.8 Å². The first-order chi connectivity index (χ1) is 17.3. The number of anilines is 1. The van der Waals surface area contributed by atoms with Crippen LogP contribution in [-0.4, -0.2) is 41.2 Å². The second kappa shape index (κ2) is 10.2. The summed E-state index contributed by atoms with van der Waals surface area (Å²) in [5, 5.41) is -0.174. The summed E-state index contributed by atoms with van der Waals surface area (Å²) in [6, 6.07) is 12.2. The normalized spacial score (nSPS) is 20.8. The first-order valence-electron chi connectivity index (χ1n) is 10.9. The number of H-pyrrole nitrogens is 1. The fourth-order valence-electron chi connectivity index (χ4n) is 4.43. The van der Waals surface area contributed by atoms with E-state index in [-0.39, 0.29) is 29.9 Å². The first kappa shape index (κ1) is 25.2. The number of hydrogen-bond acceptors (Lipinski definition) is 8. The summed E-state index contributed by atoms with van der Waals surface area (Å²) in [6.45, 7) is 1.62. The number of aromatic amines is 1. The largest absolute Gasteiger partial charge is 0.482 e. The van der Waals surface area contributed by atoms with Gasteiger partial charge in [0.05, 0.1) is 23.2 Å². The average Bonchev–Trinajstić information content (AvgIpc) is 3.33. The minimum absolute atomic E-state index is 0.224. The van der Waals surface area contributed by atoms with Crippen molar-refractivity contribution in [2.45, 2.75) is 23.1 Å². The van der Waals surface area contributed by atoms with Crippen LogP contribution in [0.15, 0.2) is 61.2 Å². The number of fused-ring (bicyclic) bond motifs is 2. The zero-order chi connectivity index (χ0) is 25.6. The van der Waals surface area contributed by atoms with Gasteiger partial charge in [-0.25, -0.2) is 9.69 Å². The number of benzene rings is 2. The average molecular weight is 654 g/mol. The number of aromatic nitrogens is 1. The molecule has 0 bridgehead atoms. The van der Waals surface area contributed by atoms with Crippen LogP contribution < -0.4 is 14.5 Å². The number of rotatable bonds is 6. The minimum Gasteiger partial charge on any atom is -0.482 e. The molecule has 36 heavy (non-hydrogen) atoms. The van der Waals surface area contributed by atoms with Gasteiger partial charge in [-0.1, -0.05) is 55.0 Å². The molecule has 1 fully saturated rings. The second-order valence-corrected chi connectivity index (χ2v) is 12.0. The molecule has 0 aliphatic carbocycles. The van der Waals surface area contributed by atoms with Gasteiger partial charge in [-0.05, 0) is 49.4 Å². The van der Waals surface area contributed by atoms with Crippen molar-refractivity contribution in [2.24, 2.45) is 5.92 Å². The van der Waals surface area contributed by atoms with Gasteiger partial charge < -0.3 is 14.5 Å². The monoisotopic (exact) mass is 652 g/mol. The summed E-state index contributed by atoms with van der Waals surface area (Å²) >= 11 is 9.07. The van der Waals surface area contributed by atoms with E-state index < -0.39 is 23.1 Å². The number of thiazole rings is 1. The van der Waals surface area contributed by atoms with Crippen LogP contribution in [0.5, 0.6) is 5.75 Å². The Bertz CT molecular complexity index is 1420. The molecule has 3 heterocycles. The third-order valence-corrected chi connectivity index (χ3v) is 9.29. The lowest BCUT2D eigenvalue weighted by Gasteiger charge is -2.31. The molecule has 3 aromatic rings. The molecule has 3 atom stereocenters. The van der Waals surface area contributed by atoms with E-state index in [2.05, 4.69) is 36.8 Å². The topological polar surface area (TPSA) is 106 Å². The predicted molar refractivity (Wildman–Crippen MR) is 143 cm³/mol. The van der Waals surface area contributed by atoms with Crippen molar-refractivity contribution in [1.29, 1.82) is 0 Å². The van der Waals surface area contributed by atoms with E-state index in [0.29, 0.717) is 26.9 Å². The first-order valence-corrected chi connectivity index (χ1v) is 14.2. The summed E-state index contributed by atoms with van der Waals surface area (Å²) in [7, 11) is 0. The van der Waals surface area contributed by atoms with E-state index in [1.807, 2.05) is 0 Å². The maximum Gasteiger partial charge on any atom is 0.344 e. The molecule has 186 valence electrons. The molecule has 1 saturated heterocycles. The number of thioether (sulfide) groups is 1. The molecule has 2 aliphatic rings. The van der Waals surface area contributed by atoms with Crippen molar-refractivity contribution < 1.29 is 23.9 Å². The molecular weight excluding hydrogens is 636 g/mol. The Morgan fingerprint density at radius 1 is 1.06 bits per heavy atom. The smallest absolute Gasteiger partial charge is 0.344 e. The van der Waals surface area contributed by atoms with Gasteiger partial charge in [0, 0.05) is 25.3 Å². The molecule has 2 aliphatic heterocycles. The van der Waals surface area contributed by atoms with Crippen molar-refractivity contribution >= 4 is 78.4 Å². The Kier molecular flexibility index (Phi) is 7.12. The molecule has 2 aromatic carbocycles. The number of halogens is 2. The molecule has 0 spiro atoms. The summed E-state index contributed by atoms with van der Waals surface area (Å²) in [6.07, 6.45) is 0. The summed E-state index contributed by atoms with van der Waals surface area (Å²) in [5.74, 6) is -2.26. The Balaban J connectivity index is 1.61. The van der Waals surface area contributed by atoms with Crippen LogP contribution in [-0.2, 0) is 19.1 Å². The zero-order valence-corrected chi connectivity index (χ0v) is 23.5. The summed E-state index contributed by atoms with van der Waals surface area (Å²) in [4.78, 5) is 56.1. The SMILES string of the molecule is CCOC(=O)COc1ccc(Br)cc1C1c2sc(=O)[nH]c2SC2C(=O)N(c3ccc(Br)cc3)C(=O)C21. The molecule has 0 radical (unpaired) electrons. The lowest BCUT2D eigenvalue weighted by atomic mass is 9.82. The Labute approximate surface area is 230 Å². The minimum atomic E-state index is -0.774.